The number of hydrogen-bond acceptors (Lipinski definition) is 4. The van der Waals surface area contributed by atoms with Crippen molar-refractivity contribution < 1.29 is 14.3 Å². The number of carbonyl (C=O) groups is 2. The lowest BCUT2D eigenvalue weighted by atomic mass is 9.97. The number of nitrogens with zero attached hydrogens (tertiary/aromatic N) is 1. The lowest BCUT2D eigenvalue weighted by Crippen LogP contribution is -2.53. The van der Waals surface area contributed by atoms with E-state index < -0.39 is 11.9 Å². The zero-order valence-electron chi connectivity index (χ0n) is 9.57. The van der Waals surface area contributed by atoms with E-state index in [9.17, 15) is 9.59 Å². The largest absolute Gasteiger partial charge is 0.459 e. The third kappa shape index (κ3) is 2.04. The maximum Gasteiger partial charge on any atom is 0.397 e. The van der Waals surface area contributed by atoms with Gasteiger partial charge in [-0.3, -0.25) is 4.79 Å². The SMILES string of the molecule is CCOC(=O)C(=O)N1CCCC2NCCC21. The van der Waals surface area contributed by atoms with Crippen LogP contribution in [0.2, 0.25) is 0 Å². The van der Waals surface area contributed by atoms with Gasteiger partial charge < -0.3 is 15.0 Å². The Balaban J connectivity index is 2.02. The molecule has 2 aliphatic rings. The third-order valence-electron chi connectivity index (χ3n) is 3.34. The number of hydrogen-bond donors (Lipinski definition) is 1. The first kappa shape index (κ1) is 11.4. The molecule has 1 amide bonds. The zero-order valence-corrected chi connectivity index (χ0v) is 9.57. The molecule has 16 heavy (non-hydrogen) atoms. The zero-order chi connectivity index (χ0) is 11.5. The van der Waals surface area contributed by atoms with Gasteiger partial charge in [-0.15, -0.1) is 0 Å². The molecule has 2 unspecified atom stereocenters. The van der Waals surface area contributed by atoms with Crippen molar-refractivity contribution in [3.8, 4) is 0 Å². The maximum atomic E-state index is 11.9. The molecule has 2 aliphatic heterocycles. The molecule has 0 aliphatic carbocycles. The fourth-order valence-corrected chi connectivity index (χ4v) is 2.63. The first-order chi connectivity index (χ1) is 7.74. The Kier molecular flexibility index (Phi) is 3.43. The minimum absolute atomic E-state index is 0.186. The Labute approximate surface area is 95.1 Å². The second-order valence-corrected chi connectivity index (χ2v) is 4.28. The fraction of sp³-hybridized carbons (Fsp3) is 0.818. The van der Waals surface area contributed by atoms with E-state index in [4.69, 9.17) is 4.74 Å². The molecule has 90 valence electrons. The number of piperidine rings is 1. The second-order valence-electron chi connectivity index (χ2n) is 4.28. The number of ether oxygens (including phenoxy) is 1. The van der Waals surface area contributed by atoms with Gasteiger partial charge in [0.1, 0.15) is 0 Å². The minimum Gasteiger partial charge on any atom is -0.459 e. The summed E-state index contributed by atoms with van der Waals surface area (Å²) in [6, 6.07) is 0.554. The molecule has 2 rings (SSSR count). The van der Waals surface area contributed by atoms with Crippen LogP contribution in [0, 0.1) is 0 Å². The van der Waals surface area contributed by atoms with Crippen LogP contribution in [-0.2, 0) is 14.3 Å². The van der Waals surface area contributed by atoms with E-state index in [-0.39, 0.29) is 12.6 Å². The number of rotatable bonds is 1. The summed E-state index contributed by atoms with van der Waals surface area (Å²) in [6.45, 7) is 3.58. The first-order valence-corrected chi connectivity index (χ1v) is 5.95. The molecular weight excluding hydrogens is 208 g/mol. The Morgan fingerprint density at radius 3 is 3.00 bits per heavy atom. The van der Waals surface area contributed by atoms with Crippen molar-refractivity contribution in [1.29, 1.82) is 0 Å². The van der Waals surface area contributed by atoms with Crippen LogP contribution in [0.4, 0.5) is 0 Å². The summed E-state index contributed by atoms with van der Waals surface area (Å²) in [6.07, 6.45) is 2.99. The second kappa shape index (κ2) is 4.82. The normalized spacial score (nSPS) is 28.7. The lowest BCUT2D eigenvalue weighted by Gasteiger charge is -2.36. The van der Waals surface area contributed by atoms with Crippen molar-refractivity contribution in [2.24, 2.45) is 0 Å². The standard InChI is InChI=1S/C11H18N2O3/c1-2-16-11(15)10(14)13-7-3-4-8-9(13)5-6-12-8/h8-9,12H,2-7H2,1H3. The molecule has 0 saturated carbocycles. The molecule has 2 saturated heterocycles. The van der Waals surface area contributed by atoms with Crippen LogP contribution in [0.25, 0.3) is 0 Å². The van der Waals surface area contributed by atoms with E-state index in [1.807, 2.05) is 0 Å². The Morgan fingerprint density at radius 2 is 2.25 bits per heavy atom. The molecule has 2 heterocycles. The molecule has 2 atom stereocenters. The lowest BCUT2D eigenvalue weighted by molar-refractivity contribution is -0.161. The molecule has 5 nitrogen and oxygen atoms in total. The van der Waals surface area contributed by atoms with Crippen molar-refractivity contribution in [3.63, 3.8) is 0 Å². The van der Waals surface area contributed by atoms with Crippen molar-refractivity contribution >= 4 is 11.9 Å². The summed E-state index contributed by atoms with van der Waals surface area (Å²) in [5, 5.41) is 3.37. The number of carbonyl (C=O) groups excluding carboxylic acids is 2. The van der Waals surface area contributed by atoms with Crippen molar-refractivity contribution in [1.82, 2.24) is 10.2 Å². The van der Waals surface area contributed by atoms with Crippen LogP contribution in [0.15, 0.2) is 0 Å². The van der Waals surface area contributed by atoms with E-state index in [2.05, 4.69) is 5.32 Å². The van der Waals surface area contributed by atoms with Crippen LogP contribution in [0.1, 0.15) is 26.2 Å². The molecular formula is C11H18N2O3. The Morgan fingerprint density at radius 1 is 1.44 bits per heavy atom. The van der Waals surface area contributed by atoms with E-state index in [1.54, 1.807) is 11.8 Å². The summed E-state index contributed by atoms with van der Waals surface area (Å²) in [7, 11) is 0. The molecule has 0 aromatic carbocycles. The highest BCUT2D eigenvalue weighted by atomic mass is 16.5. The molecule has 5 heteroatoms. The number of likely N-dealkylation sites (tertiary alicyclic amines) is 1. The van der Waals surface area contributed by atoms with Crippen molar-refractivity contribution in [2.45, 2.75) is 38.3 Å². The topological polar surface area (TPSA) is 58.6 Å². The fourth-order valence-electron chi connectivity index (χ4n) is 2.63. The van der Waals surface area contributed by atoms with Crippen LogP contribution in [-0.4, -0.2) is 48.6 Å². The molecule has 0 aromatic rings. The molecule has 1 N–H and O–H groups in total. The maximum absolute atomic E-state index is 11.9. The highest BCUT2D eigenvalue weighted by molar-refractivity contribution is 6.32. The van der Waals surface area contributed by atoms with E-state index in [0.29, 0.717) is 12.6 Å². The first-order valence-electron chi connectivity index (χ1n) is 5.95. The van der Waals surface area contributed by atoms with Gasteiger partial charge in [0, 0.05) is 18.6 Å². The van der Waals surface area contributed by atoms with Crippen molar-refractivity contribution in [3.05, 3.63) is 0 Å². The van der Waals surface area contributed by atoms with Gasteiger partial charge in [-0.1, -0.05) is 0 Å². The average molecular weight is 226 g/mol. The third-order valence-corrected chi connectivity index (χ3v) is 3.34. The smallest absolute Gasteiger partial charge is 0.397 e. The average Bonchev–Trinajstić information content (AvgIpc) is 2.76. The number of fused-ring (bicyclic) bond motifs is 1. The van der Waals surface area contributed by atoms with Gasteiger partial charge in [0.25, 0.3) is 0 Å². The highest BCUT2D eigenvalue weighted by Gasteiger charge is 2.39. The summed E-state index contributed by atoms with van der Waals surface area (Å²) in [4.78, 5) is 24.9. The van der Waals surface area contributed by atoms with Gasteiger partial charge in [0.05, 0.1) is 6.61 Å². The van der Waals surface area contributed by atoms with Gasteiger partial charge >= 0.3 is 11.9 Å². The monoisotopic (exact) mass is 226 g/mol. The quantitative estimate of drug-likeness (QED) is 0.501. The highest BCUT2D eigenvalue weighted by Crippen LogP contribution is 2.24. The summed E-state index contributed by atoms with van der Waals surface area (Å²) in [5.74, 6) is -1.18. The van der Waals surface area contributed by atoms with Gasteiger partial charge in [-0.2, -0.15) is 0 Å². The van der Waals surface area contributed by atoms with Gasteiger partial charge in [-0.25, -0.2) is 4.79 Å². The Bertz CT molecular complexity index is 293. The summed E-state index contributed by atoms with van der Waals surface area (Å²) < 4.78 is 4.75. The van der Waals surface area contributed by atoms with Crippen LogP contribution in [0.3, 0.4) is 0 Å². The molecule has 2 fully saturated rings. The molecule has 0 bridgehead atoms. The minimum atomic E-state index is -0.713. The van der Waals surface area contributed by atoms with Crippen LogP contribution in [0.5, 0.6) is 0 Å². The van der Waals surface area contributed by atoms with E-state index in [0.717, 1.165) is 25.8 Å². The molecule has 0 aromatic heterocycles. The summed E-state index contributed by atoms with van der Waals surface area (Å²) >= 11 is 0. The number of amides is 1. The summed E-state index contributed by atoms with van der Waals surface area (Å²) in [5.41, 5.74) is 0. The molecule has 0 radical (unpaired) electrons. The predicted octanol–water partition coefficient (Wildman–Crippen LogP) is -0.0976. The van der Waals surface area contributed by atoms with Crippen LogP contribution >= 0.6 is 0 Å². The van der Waals surface area contributed by atoms with Gasteiger partial charge in [0.15, 0.2) is 0 Å². The van der Waals surface area contributed by atoms with Crippen LogP contribution < -0.4 is 5.32 Å². The van der Waals surface area contributed by atoms with Gasteiger partial charge in [0.2, 0.25) is 0 Å². The van der Waals surface area contributed by atoms with Crippen molar-refractivity contribution in [2.75, 3.05) is 19.7 Å². The number of esters is 1. The predicted molar refractivity (Wildman–Crippen MR) is 57.8 cm³/mol. The number of nitrogens with one attached hydrogen (secondary N) is 1. The van der Waals surface area contributed by atoms with Gasteiger partial charge in [-0.05, 0) is 32.7 Å². The van der Waals surface area contributed by atoms with E-state index >= 15 is 0 Å². The van der Waals surface area contributed by atoms with E-state index in [1.165, 1.54) is 0 Å². The Hall–Kier alpha value is -1.10. The molecule has 0 spiro atoms.